The average molecular weight is 517 g/mol. The molecule has 4 heterocycles. The SMILES string of the molecule is C[C@H](Nc1nc(N)ncc1C#N)c1cc2cccc(-c3cnc4[nH]ccc4c3)c2c(=O)n1-c1cccc(F)c1. The number of nitrogens with two attached hydrogens (primary N) is 1. The number of aromatic nitrogens is 5. The number of aromatic amines is 1. The Kier molecular flexibility index (Phi) is 5.73. The Hall–Kier alpha value is -5.56. The molecule has 0 spiro atoms. The van der Waals surface area contributed by atoms with Gasteiger partial charge in [-0.25, -0.2) is 14.4 Å². The van der Waals surface area contributed by atoms with E-state index in [4.69, 9.17) is 5.73 Å². The van der Waals surface area contributed by atoms with Crippen LogP contribution in [0, 0.1) is 17.1 Å². The number of nitrogen functional groups attached to an aromatic ring is 1. The molecule has 0 aliphatic carbocycles. The van der Waals surface area contributed by atoms with E-state index in [2.05, 4.69) is 25.3 Å². The van der Waals surface area contributed by atoms with Gasteiger partial charge in [0.2, 0.25) is 5.95 Å². The van der Waals surface area contributed by atoms with Gasteiger partial charge in [0.1, 0.15) is 28.9 Å². The molecule has 4 N–H and O–H groups in total. The lowest BCUT2D eigenvalue weighted by Gasteiger charge is -2.22. The van der Waals surface area contributed by atoms with Crippen molar-refractivity contribution < 1.29 is 4.39 Å². The standard InChI is InChI=1S/C29H21FN8O/c1-16(36-27-20(13-31)15-35-29(32)37-27)24-11-17-4-2-7-23(19-10-18-8-9-33-26(18)34-14-19)25(17)28(39)38(24)22-6-3-5-21(30)12-22/h2-12,14-16H,1H3,(H,33,34)(H3,32,35,36,37)/t16-/m0/s1. The monoisotopic (exact) mass is 516 g/mol. The normalized spacial score (nSPS) is 11.9. The molecule has 0 saturated heterocycles. The van der Waals surface area contributed by atoms with Gasteiger partial charge < -0.3 is 16.0 Å². The molecule has 0 amide bonds. The summed E-state index contributed by atoms with van der Waals surface area (Å²) in [5.41, 5.74) is 8.77. The van der Waals surface area contributed by atoms with Crippen LogP contribution in [0.15, 0.2) is 84.0 Å². The topological polar surface area (TPSA) is 138 Å². The number of pyridine rings is 2. The molecule has 2 aromatic carbocycles. The van der Waals surface area contributed by atoms with Gasteiger partial charge >= 0.3 is 0 Å². The minimum Gasteiger partial charge on any atom is -0.368 e. The number of rotatable bonds is 5. The molecule has 0 aliphatic rings. The van der Waals surface area contributed by atoms with Gasteiger partial charge in [0.25, 0.3) is 5.56 Å². The number of nitrogens with one attached hydrogen (secondary N) is 2. The number of anilines is 2. The van der Waals surface area contributed by atoms with Gasteiger partial charge in [-0.3, -0.25) is 9.36 Å². The molecule has 39 heavy (non-hydrogen) atoms. The smallest absolute Gasteiger partial charge is 0.263 e. The second kappa shape index (κ2) is 9.39. The summed E-state index contributed by atoms with van der Waals surface area (Å²) in [6, 6.07) is 18.7. The predicted octanol–water partition coefficient (Wildman–Crippen LogP) is 5.09. The highest BCUT2D eigenvalue weighted by molar-refractivity contribution is 5.98. The van der Waals surface area contributed by atoms with Gasteiger partial charge in [-0.2, -0.15) is 10.2 Å². The highest BCUT2D eigenvalue weighted by atomic mass is 19.1. The number of hydrogen-bond acceptors (Lipinski definition) is 7. The fourth-order valence-corrected chi connectivity index (χ4v) is 4.78. The first kappa shape index (κ1) is 23.8. The number of halogens is 1. The van der Waals surface area contributed by atoms with Gasteiger partial charge in [0.15, 0.2) is 0 Å². The van der Waals surface area contributed by atoms with E-state index in [9.17, 15) is 14.4 Å². The van der Waals surface area contributed by atoms with E-state index < -0.39 is 11.9 Å². The minimum atomic E-state index is -0.534. The molecule has 0 saturated carbocycles. The maximum Gasteiger partial charge on any atom is 0.263 e. The molecule has 1 atom stereocenters. The Balaban J connectivity index is 1.59. The van der Waals surface area contributed by atoms with Crippen molar-refractivity contribution in [3.8, 4) is 22.9 Å². The lowest BCUT2D eigenvalue weighted by molar-refractivity contribution is 0.625. The van der Waals surface area contributed by atoms with Crippen LogP contribution in [0.5, 0.6) is 0 Å². The summed E-state index contributed by atoms with van der Waals surface area (Å²) < 4.78 is 15.9. The van der Waals surface area contributed by atoms with Crippen LogP contribution in [0.25, 0.3) is 38.6 Å². The first-order chi connectivity index (χ1) is 18.9. The van der Waals surface area contributed by atoms with Crippen molar-refractivity contribution in [1.82, 2.24) is 24.5 Å². The molecule has 0 unspecified atom stereocenters. The van der Waals surface area contributed by atoms with Crippen LogP contribution in [0.4, 0.5) is 16.2 Å². The molecule has 0 fully saturated rings. The first-order valence-corrected chi connectivity index (χ1v) is 12.1. The summed E-state index contributed by atoms with van der Waals surface area (Å²) in [5, 5.41) is 14.8. The van der Waals surface area contributed by atoms with Crippen LogP contribution in [0.3, 0.4) is 0 Å². The molecule has 6 rings (SSSR count). The molecule has 190 valence electrons. The van der Waals surface area contributed by atoms with E-state index in [0.717, 1.165) is 16.6 Å². The van der Waals surface area contributed by atoms with Crippen molar-refractivity contribution in [3.63, 3.8) is 0 Å². The maximum atomic E-state index is 14.4. The van der Waals surface area contributed by atoms with Gasteiger partial charge in [-0.1, -0.05) is 24.3 Å². The van der Waals surface area contributed by atoms with E-state index in [1.807, 2.05) is 55.6 Å². The molecule has 6 aromatic rings. The molecule has 0 bridgehead atoms. The van der Waals surface area contributed by atoms with Crippen molar-refractivity contribution in [3.05, 3.63) is 107 Å². The van der Waals surface area contributed by atoms with Gasteiger partial charge in [-0.05, 0) is 54.3 Å². The van der Waals surface area contributed by atoms with E-state index in [0.29, 0.717) is 27.7 Å². The van der Waals surface area contributed by atoms with Crippen molar-refractivity contribution >= 4 is 33.6 Å². The first-order valence-electron chi connectivity index (χ1n) is 12.1. The molecule has 9 nitrogen and oxygen atoms in total. The van der Waals surface area contributed by atoms with Gasteiger partial charge in [-0.15, -0.1) is 0 Å². The molecular formula is C29H21FN8O. The molecule has 4 aromatic heterocycles. The summed E-state index contributed by atoms with van der Waals surface area (Å²) in [4.78, 5) is 29.9. The van der Waals surface area contributed by atoms with Crippen LogP contribution in [0.1, 0.15) is 24.2 Å². The Bertz CT molecular complexity index is 1990. The lowest BCUT2D eigenvalue weighted by atomic mass is 9.98. The number of H-pyrrole nitrogens is 1. The van der Waals surface area contributed by atoms with E-state index in [1.54, 1.807) is 18.3 Å². The Morgan fingerprint density at radius 1 is 1.08 bits per heavy atom. The highest BCUT2D eigenvalue weighted by Crippen LogP contribution is 2.31. The van der Waals surface area contributed by atoms with Crippen LogP contribution in [0.2, 0.25) is 0 Å². The molecule has 0 aliphatic heterocycles. The zero-order chi connectivity index (χ0) is 27.1. The quantitative estimate of drug-likeness (QED) is 0.290. The van der Waals surface area contributed by atoms with Crippen molar-refractivity contribution in [2.45, 2.75) is 13.0 Å². The summed E-state index contributed by atoms with van der Waals surface area (Å²) in [7, 11) is 0. The lowest BCUT2D eigenvalue weighted by Crippen LogP contribution is -2.26. The number of hydrogen-bond donors (Lipinski definition) is 3. The third-order valence-corrected chi connectivity index (χ3v) is 6.58. The summed E-state index contributed by atoms with van der Waals surface area (Å²) in [6.45, 7) is 1.82. The Morgan fingerprint density at radius 2 is 1.92 bits per heavy atom. The highest BCUT2D eigenvalue weighted by Gasteiger charge is 2.20. The number of benzene rings is 2. The summed E-state index contributed by atoms with van der Waals surface area (Å²) in [6.07, 6.45) is 4.87. The van der Waals surface area contributed by atoms with Crippen LogP contribution in [-0.4, -0.2) is 24.5 Å². The fourth-order valence-electron chi connectivity index (χ4n) is 4.78. The second-order valence-electron chi connectivity index (χ2n) is 9.07. The number of nitrogens with zero attached hydrogens (tertiary/aromatic N) is 5. The minimum absolute atomic E-state index is 0.00220. The third kappa shape index (κ3) is 4.22. The maximum absolute atomic E-state index is 14.4. The van der Waals surface area contributed by atoms with Crippen LogP contribution < -0.4 is 16.6 Å². The zero-order valence-electron chi connectivity index (χ0n) is 20.7. The van der Waals surface area contributed by atoms with E-state index in [-0.39, 0.29) is 22.9 Å². The van der Waals surface area contributed by atoms with Crippen molar-refractivity contribution in [2.24, 2.45) is 0 Å². The predicted molar refractivity (Wildman–Crippen MR) is 148 cm³/mol. The average Bonchev–Trinajstić information content (AvgIpc) is 3.41. The molecule has 10 heteroatoms. The number of nitriles is 1. The van der Waals surface area contributed by atoms with Crippen LogP contribution >= 0.6 is 0 Å². The van der Waals surface area contributed by atoms with E-state index in [1.165, 1.54) is 22.9 Å². The Labute approximate surface area is 221 Å². The Morgan fingerprint density at radius 3 is 2.74 bits per heavy atom. The zero-order valence-corrected chi connectivity index (χ0v) is 20.7. The van der Waals surface area contributed by atoms with Crippen LogP contribution in [-0.2, 0) is 0 Å². The number of fused-ring (bicyclic) bond motifs is 2. The fraction of sp³-hybridized carbons (Fsp3) is 0.0690. The largest absolute Gasteiger partial charge is 0.368 e. The second-order valence-corrected chi connectivity index (χ2v) is 9.07. The molecule has 0 radical (unpaired) electrons. The van der Waals surface area contributed by atoms with Crippen molar-refractivity contribution in [1.29, 1.82) is 5.26 Å². The molecular weight excluding hydrogens is 495 g/mol. The van der Waals surface area contributed by atoms with Crippen molar-refractivity contribution in [2.75, 3.05) is 11.1 Å². The van der Waals surface area contributed by atoms with Gasteiger partial charge in [0, 0.05) is 29.0 Å². The third-order valence-electron chi connectivity index (χ3n) is 6.58. The van der Waals surface area contributed by atoms with Gasteiger partial charge in [0.05, 0.1) is 23.3 Å². The summed E-state index contributed by atoms with van der Waals surface area (Å²) >= 11 is 0. The summed E-state index contributed by atoms with van der Waals surface area (Å²) in [5.74, 6) is -0.241. The van der Waals surface area contributed by atoms with E-state index >= 15 is 0 Å².